The Bertz CT molecular complexity index is 1050. The Labute approximate surface area is 193 Å². The van der Waals surface area contributed by atoms with Crippen LogP contribution in [0.5, 0.6) is 0 Å². The number of amides is 4. The SMILES string of the molecule is CN(Cc1ccccc1)C(=O)NCCC(=O)NCc1cccc(C(=O)NCc2ccco2)c1. The lowest BCUT2D eigenvalue weighted by molar-refractivity contribution is -0.121. The molecule has 2 aromatic carbocycles. The molecule has 0 fully saturated rings. The van der Waals surface area contributed by atoms with Gasteiger partial charge in [0.05, 0.1) is 12.8 Å². The maximum atomic E-state index is 12.3. The Morgan fingerprint density at radius 3 is 2.39 bits per heavy atom. The van der Waals surface area contributed by atoms with E-state index in [2.05, 4.69) is 16.0 Å². The highest BCUT2D eigenvalue weighted by molar-refractivity contribution is 5.94. The average Bonchev–Trinajstić information content (AvgIpc) is 3.35. The van der Waals surface area contributed by atoms with Crippen molar-refractivity contribution in [3.05, 3.63) is 95.4 Å². The lowest BCUT2D eigenvalue weighted by Gasteiger charge is -2.18. The van der Waals surface area contributed by atoms with Gasteiger partial charge < -0.3 is 25.3 Å². The first kappa shape index (κ1) is 23.6. The molecule has 0 bridgehead atoms. The maximum Gasteiger partial charge on any atom is 0.317 e. The van der Waals surface area contributed by atoms with Crippen molar-refractivity contribution in [2.24, 2.45) is 0 Å². The van der Waals surface area contributed by atoms with Gasteiger partial charge in [0.1, 0.15) is 5.76 Å². The summed E-state index contributed by atoms with van der Waals surface area (Å²) in [7, 11) is 1.71. The second-order valence-electron chi connectivity index (χ2n) is 7.56. The lowest BCUT2D eigenvalue weighted by Crippen LogP contribution is -2.38. The second kappa shape index (κ2) is 12.1. The van der Waals surface area contributed by atoms with Crippen molar-refractivity contribution >= 4 is 17.8 Å². The van der Waals surface area contributed by atoms with Crippen LogP contribution in [-0.4, -0.2) is 36.3 Å². The van der Waals surface area contributed by atoms with Crippen LogP contribution in [0.4, 0.5) is 4.79 Å². The summed E-state index contributed by atoms with van der Waals surface area (Å²) < 4.78 is 5.20. The van der Waals surface area contributed by atoms with Gasteiger partial charge in [0.15, 0.2) is 0 Å². The summed E-state index contributed by atoms with van der Waals surface area (Å²) in [5, 5.41) is 8.35. The molecule has 0 saturated carbocycles. The fraction of sp³-hybridized carbons (Fsp3) is 0.240. The zero-order chi connectivity index (χ0) is 23.5. The first-order valence-electron chi connectivity index (χ1n) is 10.7. The van der Waals surface area contributed by atoms with Crippen LogP contribution in [0.2, 0.25) is 0 Å². The number of nitrogens with zero attached hydrogens (tertiary/aromatic N) is 1. The fourth-order valence-electron chi connectivity index (χ4n) is 3.14. The van der Waals surface area contributed by atoms with E-state index in [1.165, 1.54) is 0 Å². The molecule has 0 aliphatic carbocycles. The van der Waals surface area contributed by atoms with Crippen molar-refractivity contribution in [2.75, 3.05) is 13.6 Å². The zero-order valence-electron chi connectivity index (χ0n) is 18.5. The largest absolute Gasteiger partial charge is 0.467 e. The van der Waals surface area contributed by atoms with Gasteiger partial charge in [-0.3, -0.25) is 9.59 Å². The van der Waals surface area contributed by atoms with E-state index in [9.17, 15) is 14.4 Å². The number of rotatable bonds is 10. The summed E-state index contributed by atoms with van der Waals surface area (Å²) in [4.78, 5) is 38.2. The van der Waals surface area contributed by atoms with Crippen LogP contribution in [0, 0.1) is 0 Å². The Morgan fingerprint density at radius 1 is 0.848 bits per heavy atom. The molecule has 0 spiro atoms. The van der Waals surface area contributed by atoms with Gasteiger partial charge in [-0.2, -0.15) is 0 Å². The molecule has 3 aromatic rings. The van der Waals surface area contributed by atoms with E-state index >= 15 is 0 Å². The molecular formula is C25H28N4O4. The molecular weight excluding hydrogens is 420 g/mol. The quantitative estimate of drug-likeness (QED) is 0.443. The highest BCUT2D eigenvalue weighted by Crippen LogP contribution is 2.07. The molecule has 8 heteroatoms. The third kappa shape index (κ3) is 7.84. The fourth-order valence-corrected chi connectivity index (χ4v) is 3.14. The molecule has 33 heavy (non-hydrogen) atoms. The molecule has 0 aliphatic rings. The number of benzene rings is 2. The van der Waals surface area contributed by atoms with Gasteiger partial charge in [0, 0.05) is 38.7 Å². The molecule has 0 atom stereocenters. The van der Waals surface area contributed by atoms with Crippen molar-refractivity contribution in [1.29, 1.82) is 0 Å². The Kier molecular flexibility index (Phi) is 8.64. The molecule has 0 aliphatic heterocycles. The Morgan fingerprint density at radius 2 is 1.64 bits per heavy atom. The molecule has 1 heterocycles. The first-order valence-corrected chi connectivity index (χ1v) is 10.7. The van der Waals surface area contributed by atoms with E-state index in [1.807, 2.05) is 36.4 Å². The van der Waals surface area contributed by atoms with Crippen LogP contribution in [-0.2, 0) is 24.4 Å². The van der Waals surface area contributed by atoms with Crippen LogP contribution >= 0.6 is 0 Å². The van der Waals surface area contributed by atoms with Crippen molar-refractivity contribution in [3.8, 4) is 0 Å². The Balaban J connectivity index is 1.36. The lowest BCUT2D eigenvalue weighted by atomic mass is 10.1. The predicted octanol–water partition coefficient (Wildman–Crippen LogP) is 3.06. The van der Waals surface area contributed by atoms with Gasteiger partial charge in [-0.15, -0.1) is 0 Å². The smallest absolute Gasteiger partial charge is 0.317 e. The van der Waals surface area contributed by atoms with Gasteiger partial charge >= 0.3 is 6.03 Å². The Hall–Kier alpha value is -4.07. The van der Waals surface area contributed by atoms with Crippen LogP contribution in [0.15, 0.2) is 77.4 Å². The summed E-state index contributed by atoms with van der Waals surface area (Å²) in [6.07, 6.45) is 1.72. The number of furan rings is 1. The van der Waals surface area contributed by atoms with Crippen LogP contribution < -0.4 is 16.0 Å². The number of nitrogens with one attached hydrogen (secondary N) is 3. The molecule has 8 nitrogen and oxygen atoms in total. The second-order valence-corrected chi connectivity index (χ2v) is 7.56. The first-order chi connectivity index (χ1) is 16.0. The summed E-state index contributed by atoms with van der Waals surface area (Å²) >= 11 is 0. The minimum absolute atomic E-state index is 0.161. The van der Waals surface area contributed by atoms with Crippen LogP contribution in [0.1, 0.15) is 33.7 Å². The molecule has 3 rings (SSSR count). The minimum atomic E-state index is -0.236. The van der Waals surface area contributed by atoms with E-state index in [1.54, 1.807) is 48.5 Å². The van der Waals surface area contributed by atoms with Gasteiger partial charge in [0.2, 0.25) is 5.91 Å². The van der Waals surface area contributed by atoms with Gasteiger partial charge in [0.25, 0.3) is 5.91 Å². The highest BCUT2D eigenvalue weighted by atomic mass is 16.3. The van der Waals surface area contributed by atoms with Crippen LogP contribution in [0.3, 0.4) is 0 Å². The van der Waals surface area contributed by atoms with E-state index in [4.69, 9.17) is 4.42 Å². The molecule has 4 amide bonds. The molecule has 1 aromatic heterocycles. The predicted molar refractivity (Wildman–Crippen MR) is 124 cm³/mol. The summed E-state index contributed by atoms with van der Waals surface area (Å²) in [5.74, 6) is 0.265. The van der Waals surface area contributed by atoms with Gasteiger partial charge in [-0.1, -0.05) is 42.5 Å². The number of carbonyl (C=O) groups excluding carboxylic acids is 3. The third-order valence-corrected chi connectivity index (χ3v) is 4.92. The van der Waals surface area contributed by atoms with Gasteiger partial charge in [-0.25, -0.2) is 4.79 Å². The van der Waals surface area contributed by atoms with Crippen molar-refractivity contribution < 1.29 is 18.8 Å². The standard InChI is InChI=1S/C25H28N4O4/c1-29(18-19-7-3-2-4-8-19)25(32)26-13-12-23(30)27-16-20-9-5-10-21(15-20)24(31)28-17-22-11-6-14-33-22/h2-11,14-15H,12-13,16-18H2,1H3,(H,26,32)(H,27,30)(H,28,31). The number of urea groups is 1. The number of hydrogen-bond acceptors (Lipinski definition) is 4. The highest BCUT2D eigenvalue weighted by Gasteiger charge is 2.10. The van der Waals surface area contributed by atoms with E-state index in [0.717, 1.165) is 11.1 Å². The van der Waals surface area contributed by atoms with E-state index in [-0.39, 0.29) is 30.8 Å². The molecule has 0 saturated heterocycles. The normalized spacial score (nSPS) is 10.3. The summed E-state index contributed by atoms with van der Waals surface area (Å²) in [5.41, 5.74) is 2.34. The summed E-state index contributed by atoms with van der Waals surface area (Å²) in [6, 6.07) is 20.1. The minimum Gasteiger partial charge on any atom is -0.467 e. The van der Waals surface area contributed by atoms with Gasteiger partial charge in [-0.05, 0) is 35.4 Å². The van der Waals surface area contributed by atoms with Crippen LogP contribution in [0.25, 0.3) is 0 Å². The average molecular weight is 449 g/mol. The molecule has 0 unspecified atom stereocenters. The molecule has 172 valence electrons. The maximum absolute atomic E-state index is 12.3. The third-order valence-electron chi connectivity index (χ3n) is 4.92. The van der Waals surface area contributed by atoms with Crippen molar-refractivity contribution in [3.63, 3.8) is 0 Å². The molecule has 3 N–H and O–H groups in total. The topological polar surface area (TPSA) is 104 Å². The zero-order valence-corrected chi connectivity index (χ0v) is 18.5. The number of carbonyl (C=O) groups is 3. The summed E-state index contributed by atoms with van der Waals surface area (Å²) in [6.45, 7) is 1.32. The number of hydrogen-bond donors (Lipinski definition) is 3. The monoisotopic (exact) mass is 448 g/mol. The van der Waals surface area contributed by atoms with E-state index < -0.39 is 0 Å². The molecule has 0 radical (unpaired) electrons. The van der Waals surface area contributed by atoms with E-state index in [0.29, 0.717) is 31.0 Å². The van der Waals surface area contributed by atoms with Crippen molar-refractivity contribution in [1.82, 2.24) is 20.9 Å². The van der Waals surface area contributed by atoms with Crippen molar-refractivity contribution in [2.45, 2.75) is 26.1 Å².